The number of nitrogens with zero attached hydrogens (tertiary/aromatic N) is 4. The highest BCUT2D eigenvalue weighted by molar-refractivity contribution is 7.18. The summed E-state index contributed by atoms with van der Waals surface area (Å²) in [7, 11) is 0. The molecule has 1 fully saturated rings. The first-order valence-corrected chi connectivity index (χ1v) is 11.8. The van der Waals surface area contributed by atoms with E-state index in [2.05, 4.69) is 17.3 Å². The number of thiazole rings is 1. The van der Waals surface area contributed by atoms with E-state index in [1.54, 1.807) is 33.6 Å². The van der Waals surface area contributed by atoms with E-state index in [4.69, 9.17) is 4.98 Å². The van der Waals surface area contributed by atoms with Crippen molar-refractivity contribution in [3.63, 3.8) is 0 Å². The molecular formula is C21H26N4O2S2. The number of carbonyl (C=O) groups excluding carboxylic acids is 1. The molecule has 29 heavy (non-hydrogen) atoms. The lowest BCUT2D eigenvalue weighted by Gasteiger charge is -2.32. The summed E-state index contributed by atoms with van der Waals surface area (Å²) < 4.78 is 1.58. The van der Waals surface area contributed by atoms with Crippen molar-refractivity contribution >= 4 is 38.8 Å². The van der Waals surface area contributed by atoms with Gasteiger partial charge in [-0.25, -0.2) is 9.97 Å². The predicted molar refractivity (Wildman–Crippen MR) is 118 cm³/mol. The minimum Gasteiger partial charge on any atom is -0.342 e. The van der Waals surface area contributed by atoms with Gasteiger partial charge < -0.3 is 4.90 Å². The molecule has 4 heterocycles. The summed E-state index contributed by atoms with van der Waals surface area (Å²) >= 11 is 3.25. The van der Waals surface area contributed by atoms with Gasteiger partial charge in [0.1, 0.15) is 4.83 Å². The van der Waals surface area contributed by atoms with Crippen LogP contribution in [0, 0.1) is 13.8 Å². The van der Waals surface area contributed by atoms with Gasteiger partial charge in [0.05, 0.1) is 22.4 Å². The molecule has 0 spiro atoms. The van der Waals surface area contributed by atoms with E-state index in [-0.39, 0.29) is 11.5 Å². The van der Waals surface area contributed by atoms with E-state index >= 15 is 0 Å². The molecular weight excluding hydrogens is 404 g/mol. The molecule has 0 N–H and O–H groups in total. The second-order valence-corrected chi connectivity index (χ2v) is 9.76. The first kappa shape index (κ1) is 20.2. The predicted octanol–water partition coefficient (Wildman–Crippen LogP) is 3.89. The third-order valence-electron chi connectivity index (χ3n) is 5.78. The normalized spacial score (nSPS) is 17.2. The molecule has 0 aliphatic carbocycles. The average Bonchev–Trinajstić information content (AvgIpc) is 3.32. The monoisotopic (exact) mass is 430 g/mol. The highest BCUT2D eigenvalue weighted by atomic mass is 32.1. The van der Waals surface area contributed by atoms with E-state index in [9.17, 15) is 9.59 Å². The third-order valence-corrected chi connectivity index (χ3v) is 7.95. The standard InChI is InChI=1S/C21H26N4O2S2/c1-4-16-11-28-19(23-16)15-6-5-8-24(10-15)17(26)7-9-25-12-22-20-18(21(25)27)13(2)14(3)29-20/h11-12,15H,4-10H2,1-3H3. The summed E-state index contributed by atoms with van der Waals surface area (Å²) in [4.78, 5) is 38.6. The van der Waals surface area contributed by atoms with Crippen LogP contribution in [-0.4, -0.2) is 38.4 Å². The van der Waals surface area contributed by atoms with Crippen LogP contribution in [-0.2, 0) is 17.8 Å². The van der Waals surface area contributed by atoms with Gasteiger partial charge in [-0.2, -0.15) is 0 Å². The molecule has 4 rings (SSSR count). The zero-order valence-electron chi connectivity index (χ0n) is 17.1. The van der Waals surface area contributed by atoms with Crippen LogP contribution in [0.1, 0.15) is 53.2 Å². The number of fused-ring (bicyclic) bond motifs is 1. The Hall–Kier alpha value is -2.06. The molecule has 3 aromatic heterocycles. The lowest BCUT2D eigenvalue weighted by molar-refractivity contribution is -0.132. The molecule has 1 amide bonds. The van der Waals surface area contributed by atoms with Crippen LogP contribution in [0.5, 0.6) is 0 Å². The number of likely N-dealkylation sites (tertiary alicyclic amines) is 1. The molecule has 0 saturated carbocycles. The van der Waals surface area contributed by atoms with Gasteiger partial charge in [0.25, 0.3) is 5.56 Å². The number of hydrogen-bond acceptors (Lipinski definition) is 6. The molecule has 3 aromatic rings. The van der Waals surface area contributed by atoms with Gasteiger partial charge in [-0.3, -0.25) is 14.2 Å². The summed E-state index contributed by atoms with van der Waals surface area (Å²) in [6.45, 7) is 7.97. The van der Waals surface area contributed by atoms with E-state index in [0.717, 1.165) is 58.3 Å². The molecule has 1 saturated heterocycles. The number of rotatable bonds is 5. The lowest BCUT2D eigenvalue weighted by Crippen LogP contribution is -2.39. The smallest absolute Gasteiger partial charge is 0.262 e. The van der Waals surface area contributed by atoms with E-state index in [1.807, 2.05) is 18.7 Å². The highest BCUT2D eigenvalue weighted by Gasteiger charge is 2.26. The second kappa shape index (κ2) is 8.36. The maximum Gasteiger partial charge on any atom is 0.262 e. The quantitative estimate of drug-likeness (QED) is 0.616. The average molecular weight is 431 g/mol. The fourth-order valence-electron chi connectivity index (χ4n) is 3.88. The van der Waals surface area contributed by atoms with Crippen LogP contribution >= 0.6 is 22.7 Å². The van der Waals surface area contributed by atoms with Crippen molar-refractivity contribution in [1.82, 2.24) is 19.4 Å². The maximum atomic E-state index is 12.8. The van der Waals surface area contributed by atoms with Gasteiger partial charge in [-0.15, -0.1) is 22.7 Å². The summed E-state index contributed by atoms with van der Waals surface area (Å²) in [5, 5.41) is 3.96. The molecule has 0 aromatic carbocycles. The van der Waals surface area contributed by atoms with Gasteiger partial charge >= 0.3 is 0 Å². The molecule has 0 radical (unpaired) electrons. The topological polar surface area (TPSA) is 68.1 Å². The number of thiophene rings is 1. The van der Waals surface area contributed by atoms with Gasteiger partial charge in [0.15, 0.2) is 0 Å². The van der Waals surface area contributed by atoms with Crippen LogP contribution in [0.25, 0.3) is 10.2 Å². The SMILES string of the molecule is CCc1csc(C2CCCN(C(=O)CCn3cnc4sc(C)c(C)c4c3=O)C2)n1. The molecule has 8 heteroatoms. The number of hydrogen-bond donors (Lipinski definition) is 0. The molecule has 1 unspecified atom stereocenters. The van der Waals surface area contributed by atoms with Crippen LogP contribution in [0.2, 0.25) is 0 Å². The van der Waals surface area contributed by atoms with Crippen LogP contribution in [0.4, 0.5) is 0 Å². The Labute approximate surface area is 178 Å². The number of carbonyl (C=O) groups is 1. The Morgan fingerprint density at radius 3 is 2.93 bits per heavy atom. The van der Waals surface area contributed by atoms with Crippen molar-refractivity contribution in [2.24, 2.45) is 0 Å². The van der Waals surface area contributed by atoms with Gasteiger partial charge in [-0.1, -0.05) is 6.92 Å². The zero-order chi connectivity index (χ0) is 20.5. The fraction of sp³-hybridized carbons (Fsp3) is 0.524. The Morgan fingerprint density at radius 2 is 2.17 bits per heavy atom. The van der Waals surface area contributed by atoms with Crippen molar-refractivity contribution in [3.05, 3.63) is 43.2 Å². The second-order valence-electron chi connectivity index (χ2n) is 7.67. The van der Waals surface area contributed by atoms with Crippen molar-refractivity contribution in [2.75, 3.05) is 13.1 Å². The summed E-state index contributed by atoms with van der Waals surface area (Å²) in [5.41, 5.74) is 2.09. The van der Waals surface area contributed by atoms with Crippen molar-refractivity contribution in [2.45, 2.75) is 58.9 Å². The first-order valence-electron chi connectivity index (χ1n) is 10.1. The lowest BCUT2D eigenvalue weighted by atomic mass is 9.98. The van der Waals surface area contributed by atoms with E-state index < -0.39 is 0 Å². The van der Waals surface area contributed by atoms with Crippen molar-refractivity contribution < 1.29 is 4.79 Å². The van der Waals surface area contributed by atoms with Gasteiger partial charge in [-0.05, 0) is 38.7 Å². The van der Waals surface area contributed by atoms with Crippen molar-refractivity contribution in [1.29, 1.82) is 0 Å². The summed E-state index contributed by atoms with van der Waals surface area (Å²) in [6, 6.07) is 0. The Balaban J connectivity index is 1.43. The molecule has 154 valence electrons. The maximum absolute atomic E-state index is 12.8. The van der Waals surface area contributed by atoms with Crippen LogP contribution < -0.4 is 5.56 Å². The van der Waals surface area contributed by atoms with Crippen molar-refractivity contribution in [3.8, 4) is 0 Å². The zero-order valence-corrected chi connectivity index (χ0v) is 18.7. The first-order chi connectivity index (χ1) is 14.0. The Bertz CT molecular complexity index is 1100. The van der Waals surface area contributed by atoms with Crippen LogP contribution in [0.3, 0.4) is 0 Å². The summed E-state index contributed by atoms with van der Waals surface area (Å²) in [6.07, 6.45) is 4.92. The molecule has 1 atom stereocenters. The number of aryl methyl sites for hydroxylation is 4. The molecule has 6 nitrogen and oxygen atoms in total. The third kappa shape index (κ3) is 4.00. The van der Waals surface area contributed by atoms with E-state index in [1.165, 1.54) is 0 Å². The number of aromatic nitrogens is 3. The van der Waals surface area contributed by atoms with Gasteiger partial charge in [0, 0.05) is 42.2 Å². The Kier molecular flexibility index (Phi) is 5.83. The number of amides is 1. The molecule has 0 bridgehead atoms. The highest BCUT2D eigenvalue weighted by Crippen LogP contribution is 2.30. The van der Waals surface area contributed by atoms with Gasteiger partial charge in [0.2, 0.25) is 5.91 Å². The minimum absolute atomic E-state index is 0.0453. The molecule has 1 aliphatic rings. The molecule has 1 aliphatic heterocycles. The van der Waals surface area contributed by atoms with E-state index in [0.29, 0.717) is 24.3 Å². The number of piperidine rings is 1. The fourth-order valence-corrected chi connectivity index (χ4v) is 5.90. The Morgan fingerprint density at radius 1 is 1.34 bits per heavy atom. The largest absolute Gasteiger partial charge is 0.342 e. The van der Waals surface area contributed by atoms with Crippen LogP contribution in [0.15, 0.2) is 16.5 Å². The summed E-state index contributed by atoms with van der Waals surface area (Å²) in [5.74, 6) is 0.433. The minimum atomic E-state index is -0.0453.